The van der Waals surface area contributed by atoms with Crippen molar-refractivity contribution in [3.05, 3.63) is 109 Å². The number of sulfone groups is 2. The Morgan fingerprint density at radius 1 is 0.632 bits per heavy atom. The summed E-state index contributed by atoms with van der Waals surface area (Å²) >= 11 is 2.61. The number of hydrogen-bond acceptors (Lipinski definition) is 12. The Morgan fingerprint density at radius 2 is 0.985 bits per heavy atom. The quantitative estimate of drug-likeness (QED) is 0.0549. The highest BCUT2D eigenvalue weighted by Gasteiger charge is 2.43. The topological polar surface area (TPSA) is 168 Å². The molecule has 4 aromatic carbocycles. The van der Waals surface area contributed by atoms with Gasteiger partial charge in [-0.25, -0.2) is 26.4 Å². The van der Waals surface area contributed by atoms with Crippen LogP contribution < -0.4 is 19.3 Å². The lowest BCUT2D eigenvalue weighted by molar-refractivity contribution is -0.135. The summed E-state index contributed by atoms with van der Waals surface area (Å²) in [7, 11) is -7.47. The van der Waals surface area contributed by atoms with Crippen molar-refractivity contribution in [2.24, 2.45) is 10.8 Å². The zero-order valence-electron chi connectivity index (χ0n) is 39.2. The predicted octanol–water partition coefficient (Wildman–Crippen LogP) is 12.4. The van der Waals surface area contributed by atoms with Crippen molar-refractivity contribution < 1.29 is 54.9 Å². The summed E-state index contributed by atoms with van der Waals surface area (Å²) in [6.45, 7) is 9.34. The fraction of sp³-hybridized carbons (Fsp3) is 0.400. The first-order chi connectivity index (χ1) is 32.3. The number of para-hydroxylation sites is 2. The van der Waals surface area contributed by atoms with Gasteiger partial charge in [-0.05, 0) is 74.6 Å². The summed E-state index contributed by atoms with van der Waals surface area (Å²) in [5.41, 5.74) is 1.95. The van der Waals surface area contributed by atoms with Crippen LogP contribution in [-0.2, 0) is 29.3 Å². The van der Waals surface area contributed by atoms with Gasteiger partial charge in [0, 0.05) is 47.4 Å². The van der Waals surface area contributed by atoms with Gasteiger partial charge in [0.2, 0.25) is 11.7 Å². The van der Waals surface area contributed by atoms with Crippen LogP contribution in [-0.4, -0.2) is 76.1 Å². The molecular formula is C50H60F2N2O10S4. The highest BCUT2D eigenvalue weighted by Crippen LogP contribution is 2.49. The van der Waals surface area contributed by atoms with Crippen LogP contribution in [0.4, 0.5) is 31.5 Å². The van der Waals surface area contributed by atoms with Crippen LogP contribution in [0.3, 0.4) is 0 Å². The lowest BCUT2D eigenvalue weighted by atomic mass is 9.81. The van der Waals surface area contributed by atoms with Crippen molar-refractivity contribution in [1.29, 1.82) is 0 Å². The highest BCUT2D eigenvalue weighted by molar-refractivity contribution is 7.99. The van der Waals surface area contributed by atoms with E-state index in [1.54, 1.807) is 24.6 Å². The largest absolute Gasteiger partial charge is 0.476 e. The number of carbonyl (C=O) groups is 2. The molecular weight excluding hydrogens is 955 g/mol. The molecule has 18 heteroatoms. The molecule has 0 saturated carbocycles. The summed E-state index contributed by atoms with van der Waals surface area (Å²) < 4.78 is 92.7. The van der Waals surface area contributed by atoms with Gasteiger partial charge >= 0.3 is 11.9 Å². The molecule has 0 radical (unpaired) electrons. The minimum Gasteiger partial charge on any atom is -0.476 e. The predicted molar refractivity (Wildman–Crippen MR) is 267 cm³/mol. The monoisotopic (exact) mass is 1010 g/mol. The Hall–Kier alpha value is -5.04. The molecule has 2 N–H and O–H groups in total. The van der Waals surface area contributed by atoms with Crippen LogP contribution in [0.2, 0.25) is 0 Å². The molecule has 368 valence electrons. The maximum absolute atomic E-state index is 13.7. The van der Waals surface area contributed by atoms with Crippen molar-refractivity contribution in [3.8, 4) is 11.5 Å². The number of halogens is 2. The molecule has 0 fully saturated rings. The average Bonchev–Trinajstić information content (AvgIpc) is 3.50. The molecule has 2 heterocycles. The zero-order valence-corrected chi connectivity index (χ0v) is 42.4. The van der Waals surface area contributed by atoms with E-state index in [9.17, 15) is 35.2 Å². The second-order valence-corrected chi connectivity index (χ2v) is 22.6. The number of ether oxygens (including phenoxy) is 2. The molecule has 6 rings (SSSR count). The molecule has 12 nitrogen and oxygen atoms in total. The maximum Gasteiger partial charge on any atom is 0.368 e. The minimum atomic E-state index is -3.73. The van der Waals surface area contributed by atoms with Crippen LogP contribution in [0, 0.1) is 10.8 Å². The van der Waals surface area contributed by atoms with E-state index in [4.69, 9.17) is 19.7 Å². The number of aliphatic carboxylic acids is 2. The van der Waals surface area contributed by atoms with Gasteiger partial charge < -0.3 is 29.5 Å². The van der Waals surface area contributed by atoms with Crippen LogP contribution >= 0.6 is 23.5 Å². The van der Waals surface area contributed by atoms with Crippen molar-refractivity contribution in [2.75, 3.05) is 46.9 Å². The van der Waals surface area contributed by atoms with E-state index in [0.717, 1.165) is 49.9 Å². The fourth-order valence-electron chi connectivity index (χ4n) is 8.57. The first kappa shape index (κ1) is 53.9. The Kier molecular flexibility index (Phi) is 18.6. The van der Waals surface area contributed by atoms with Gasteiger partial charge in [-0.3, -0.25) is 0 Å². The van der Waals surface area contributed by atoms with Gasteiger partial charge in [-0.2, -0.15) is 8.78 Å². The third-order valence-electron chi connectivity index (χ3n) is 12.5. The molecule has 0 aliphatic carbocycles. The summed E-state index contributed by atoms with van der Waals surface area (Å²) in [4.78, 5) is 27.1. The molecule has 4 aromatic rings. The fourth-order valence-corrected chi connectivity index (χ4v) is 14.0. The number of unbranched alkanes of at least 4 members (excludes halogenated alkanes) is 2. The number of carboxylic acid groups (broad SMARTS) is 2. The van der Waals surface area contributed by atoms with Gasteiger partial charge in [0.15, 0.2) is 19.7 Å². The smallest absolute Gasteiger partial charge is 0.368 e. The van der Waals surface area contributed by atoms with Gasteiger partial charge in [0.1, 0.15) is 24.0 Å². The van der Waals surface area contributed by atoms with Crippen LogP contribution in [0.25, 0.3) is 0 Å². The molecule has 0 amide bonds. The van der Waals surface area contributed by atoms with E-state index in [2.05, 4.69) is 23.6 Å². The second kappa shape index (κ2) is 23.5. The van der Waals surface area contributed by atoms with Crippen LogP contribution in [0.5, 0.6) is 11.5 Å². The van der Waals surface area contributed by atoms with E-state index in [1.165, 1.54) is 35.7 Å². The van der Waals surface area contributed by atoms with Crippen molar-refractivity contribution in [2.45, 2.75) is 98.6 Å². The summed E-state index contributed by atoms with van der Waals surface area (Å²) in [5.74, 6) is -6.29. The molecule has 2 aliphatic heterocycles. The number of nitrogens with zero attached hydrogens (tertiary/aromatic N) is 2. The standard InChI is InChI=1S/2C25H30FNO5S2/c2*1-4-6-12-25(5-2)16-27(18-10-8-7-9-11-18)20-13-22(33-3)21(32-15-19(26)24(28)29)14-23(20)34(30,31)17-25/h2*7-11,13-15H,4-6,12,16-17H2,1-3H3,(H,28,29)/b2*19-15-/t2*25-/m10/s1. The molecule has 2 atom stereocenters. The van der Waals surface area contributed by atoms with Gasteiger partial charge in [0.05, 0.1) is 42.5 Å². The minimum absolute atomic E-state index is 0.00971. The van der Waals surface area contributed by atoms with E-state index in [-0.39, 0.29) is 32.8 Å². The number of rotatable bonds is 18. The average molecular weight is 1020 g/mol. The Labute approximate surface area is 407 Å². The first-order valence-corrected chi connectivity index (χ1v) is 28.1. The number of benzene rings is 4. The number of thioether (sulfide) groups is 2. The molecule has 2 aliphatic rings. The molecule has 0 saturated heterocycles. The summed E-state index contributed by atoms with van der Waals surface area (Å²) in [6, 6.07) is 25.6. The zero-order chi connectivity index (χ0) is 49.9. The Bertz CT molecular complexity index is 2520. The number of fused-ring (bicyclic) bond motifs is 2. The SMILES string of the molecule is CCCC[C@@]1(CC)CN(c2ccccc2)c2cc(SC)c(O/C=C(\F)C(=O)O)cc2S(=O)(=O)C1.CCCC[C@]1(CC)CN(c2ccccc2)c2cc(SC)c(O/C=C(\F)C(=O)O)cc2S(=O)(=O)C1. The second-order valence-electron chi connectivity index (χ2n) is 17.0. The third kappa shape index (κ3) is 12.8. The summed E-state index contributed by atoms with van der Waals surface area (Å²) in [5, 5.41) is 17.6. The Balaban J connectivity index is 0.000000254. The molecule has 0 bridgehead atoms. The number of hydrogen-bond donors (Lipinski definition) is 2. The van der Waals surface area contributed by atoms with Crippen molar-refractivity contribution >= 4 is 77.9 Å². The van der Waals surface area contributed by atoms with Crippen LogP contribution in [0.1, 0.15) is 79.1 Å². The third-order valence-corrected chi connectivity index (χ3v) is 18.0. The summed E-state index contributed by atoms with van der Waals surface area (Å²) in [6.07, 6.45) is 11.3. The van der Waals surface area contributed by atoms with E-state index < -0.39 is 54.1 Å². The van der Waals surface area contributed by atoms with Gasteiger partial charge in [-0.15, -0.1) is 23.5 Å². The molecule has 0 aromatic heterocycles. The molecule has 68 heavy (non-hydrogen) atoms. The lowest BCUT2D eigenvalue weighted by Gasteiger charge is -2.36. The van der Waals surface area contributed by atoms with E-state index >= 15 is 0 Å². The van der Waals surface area contributed by atoms with Crippen LogP contribution in [0.15, 0.2) is 129 Å². The van der Waals surface area contributed by atoms with Gasteiger partial charge in [-0.1, -0.05) is 89.8 Å². The van der Waals surface area contributed by atoms with Gasteiger partial charge in [0.25, 0.3) is 0 Å². The Morgan fingerprint density at radius 3 is 1.28 bits per heavy atom. The molecule has 0 spiro atoms. The highest BCUT2D eigenvalue weighted by atomic mass is 32.2. The normalized spacial score (nSPS) is 19.9. The van der Waals surface area contributed by atoms with E-state index in [0.29, 0.717) is 59.6 Å². The first-order valence-electron chi connectivity index (χ1n) is 22.4. The van der Waals surface area contributed by atoms with Crippen molar-refractivity contribution in [1.82, 2.24) is 0 Å². The molecule has 0 unspecified atom stereocenters. The van der Waals surface area contributed by atoms with Crippen molar-refractivity contribution in [3.63, 3.8) is 0 Å². The maximum atomic E-state index is 13.7. The number of carboxylic acids is 2. The lowest BCUT2D eigenvalue weighted by Crippen LogP contribution is -2.37. The number of anilines is 4. The van der Waals surface area contributed by atoms with E-state index in [1.807, 2.05) is 74.5 Å².